The van der Waals surface area contributed by atoms with Gasteiger partial charge < -0.3 is 10.2 Å². The summed E-state index contributed by atoms with van der Waals surface area (Å²) in [5, 5.41) is 9.21. The van der Waals surface area contributed by atoms with E-state index < -0.39 is 0 Å². The lowest BCUT2D eigenvalue weighted by atomic mass is 10.1. The van der Waals surface area contributed by atoms with Crippen LogP contribution in [0.4, 0.5) is 5.82 Å². The highest BCUT2D eigenvalue weighted by Crippen LogP contribution is 2.28. The maximum Gasteiger partial charge on any atom is 0.230 e. The van der Waals surface area contributed by atoms with Gasteiger partial charge in [-0.25, -0.2) is 0 Å². The van der Waals surface area contributed by atoms with E-state index in [0.29, 0.717) is 12.4 Å². The number of hydrogen-bond donors (Lipinski definition) is 2. The molecule has 1 aromatic carbocycles. The number of likely N-dealkylation sites (tertiary alicyclic amines) is 1. The molecule has 0 aliphatic carbocycles. The second-order valence-corrected chi connectivity index (χ2v) is 5.49. The van der Waals surface area contributed by atoms with Crippen LogP contribution in [-0.2, 0) is 9.59 Å². The number of amides is 2. The van der Waals surface area contributed by atoms with E-state index in [9.17, 15) is 9.59 Å². The Balaban J connectivity index is 1.66. The van der Waals surface area contributed by atoms with Crippen LogP contribution in [0, 0.1) is 5.92 Å². The molecule has 2 N–H and O–H groups in total. The van der Waals surface area contributed by atoms with Crippen molar-refractivity contribution in [1.82, 2.24) is 15.1 Å². The van der Waals surface area contributed by atoms with Crippen molar-refractivity contribution in [3.63, 3.8) is 0 Å². The number of carbonyl (C=O) groups excluding carboxylic acids is 2. The number of aromatic amines is 1. The molecule has 0 spiro atoms. The molecular formula is C16H18N4O2. The van der Waals surface area contributed by atoms with Crippen molar-refractivity contribution in [2.75, 3.05) is 11.9 Å². The van der Waals surface area contributed by atoms with Gasteiger partial charge in [0.1, 0.15) is 5.82 Å². The molecule has 6 heteroatoms. The number of rotatable bonds is 4. The van der Waals surface area contributed by atoms with Crippen LogP contribution in [0.3, 0.4) is 0 Å². The van der Waals surface area contributed by atoms with Gasteiger partial charge in [0.05, 0.1) is 18.2 Å². The molecule has 2 unspecified atom stereocenters. The van der Waals surface area contributed by atoms with E-state index in [1.807, 2.05) is 37.3 Å². The van der Waals surface area contributed by atoms with Crippen LogP contribution in [-0.4, -0.2) is 33.5 Å². The topological polar surface area (TPSA) is 78.1 Å². The number of hydrogen-bond acceptors (Lipinski definition) is 3. The predicted octanol–water partition coefficient (Wildman–Crippen LogP) is 1.96. The first-order valence-electron chi connectivity index (χ1n) is 7.30. The summed E-state index contributed by atoms with van der Waals surface area (Å²) < 4.78 is 0. The van der Waals surface area contributed by atoms with E-state index in [2.05, 4.69) is 15.5 Å². The van der Waals surface area contributed by atoms with E-state index >= 15 is 0 Å². The predicted molar refractivity (Wildman–Crippen MR) is 81.9 cm³/mol. The number of aromatic nitrogens is 2. The van der Waals surface area contributed by atoms with Gasteiger partial charge in [-0.15, -0.1) is 0 Å². The zero-order chi connectivity index (χ0) is 15.5. The average Bonchev–Trinajstić information content (AvgIpc) is 3.17. The minimum atomic E-state index is -0.332. The van der Waals surface area contributed by atoms with Crippen molar-refractivity contribution >= 4 is 17.6 Å². The molecule has 2 atom stereocenters. The standard InChI is InChI=1S/C16H18N4O2/c1-11(12-5-3-2-4-6-12)20-10-13(9-15(20)21)16(22)18-14-7-8-17-19-14/h2-8,11,13H,9-10H2,1H3,(H2,17,18,19,22). The molecule has 2 aromatic rings. The number of nitrogens with zero attached hydrogens (tertiary/aromatic N) is 2. The molecule has 1 aromatic heterocycles. The molecule has 2 heterocycles. The van der Waals surface area contributed by atoms with E-state index in [1.165, 1.54) is 0 Å². The number of H-pyrrole nitrogens is 1. The Morgan fingerprint density at radius 3 is 2.82 bits per heavy atom. The Hall–Kier alpha value is -2.63. The number of benzene rings is 1. The summed E-state index contributed by atoms with van der Waals surface area (Å²) >= 11 is 0. The Morgan fingerprint density at radius 1 is 1.36 bits per heavy atom. The Labute approximate surface area is 128 Å². The quantitative estimate of drug-likeness (QED) is 0.905. The minimum Gasteiger partial charge on any atom is -0.335 e. The van der Waals surface area contributed by atoms with Crippen molar-refractivity contribution in [2.24, 2.45) is 5.92 Å². The lowest BCUT2D eigenvalue weighted by Gasteiger charge is -2.25. The lowest BCUT2D eigenvalue weighted by molar-refractivity contribution is -0.129. The third-order valence-corrected chi connectivity index (χ3v) is 4.04. The highest BCUT2D eigenvalue weighted by atomic mass is 16.2. The highest BCUT2D eigenvalue weighted by Gasteiger charge is 2.37. The molecular weight excluding hydrogens is 280 g/mol. The molecule has 6 nitrogen and oxygen atoms in total. The van der Waals surface area contributed by atoms with Crippen molar-refractivity contribution < 1.29 is 9.59 Å². The van der Waals surface area contributed by atoms with Gasteiger partial charge in [0.25, 0.3) is 0 Å². The van der Waals surface area contributed by atoms with Gasteiger partial charge in [0, 0.05) is 19.0 Å². The summed E-state index contributed by atoms with van der Waals surface area (Å²) in [4.78, 5) is 26.2. The number of nitrogens with one attached hydrogen (secondary N) is 2. The zero-order valence-electron chi connectivity index (χ0n) is 12.3. The van der Waals surface area contributed by atoms with Crippen molar-refractivity contribution in [3.8, 4) is 0 Å². The second-order valence-electron chi connectivity index (χ2n) is 5.49. The third-order valence-electron chi connectivity index (χ3n) is 4.04. The normalized spacial score (nSPS) is 19.2. The van der Waals surface area contributed by atoms with E-state index in [4.69, 9.17) is 0 Å². The summed E-state index contributed by atoms with van der Waals surface area (Å²) in [6.07, 6.45) is 1.82. The summed E-state index contributed by atoms with van der Waals surface area (Å²) in [7, 11) is 0. The van der Waals surface area contributed by atoms with Gasteiger partial charge in [-0.05, 0) is 12.5 Å². The van der Waals surface area contributed by atoms with Gasteiger partial charge in [0.2, 0.25) is 11.8 Å². The van der Waals surface area contributed by atoms with Crippen LogP contribution in [0.1, 0.15) is 24.9 Å². The smallest absolute Gasteiger partial charge is 0.230 e. The molecule has 1 aliphatic rings. The minimum absolute atomic E-state index is 0.0149. The Kier molecular flexibility index (Phi) is 3.91. The average molecular weight is 298 g/mol. The number of carbonyl (C=O) groups is 2. The Morgan fingerprint density at radius 2 is 2.14 bits per heavy atom. The summed E-state index contributed by atoms with van der Waals surface area (Å²) in [5.74, 6) is 0.0791. The van der Waals surface area contributed by atoms with Gasteiger partial charge in [-0.1, -0.05) is 30.3 Å². The number of anilines is 1. The monoisotopic (exact) mass is 298 g/mol. The zero-order valence-corrected chi connectivity index (χ0v) is 12.3. The van der Waals surface area contributed by atoms with Crippen LogP contribution in [0.25, 0.3) is 0 Å². The fraction of sp³-hybridized carbons (Fsp3) is 0.312. The summed E-state index contributed by atoms with van der Waals surface area (Å²) in [6, 6.07) is 11.5. The molecule has 1 fully saturated rings. The Bertz CT molecular complexity index is 654. The van der Waals surface area contributed by atoms with E-state index in [0.717, 1.165) is 5.56 Å². The molecule has 2 amide bonds. The largest absolute Gasteiger partial charge is 0.335 e. The third kappa shape index (κ3) is 2.86. The molecule has 0 saturated carbocycles. The van der Waals surface area contributed by atoms with Gasteiger partial charge in [-0.2, -0.15) is 5.10 Å². The first kappa shape index (κ1) is 14.3. The first-order chi connectivity index (χ1) is 10.6. The second kappa shape index (κ2) is 6.01. The first-order valence-corrected chi connectivity index (χ1v) is 7.30. The molecule has 3 rings (SSSR count). The fourth-order valence-electron chi connectivity index (χ4n) is 2.75. The molecule has 22 heavy (non-hydrogen) atoms. The van der Waals surface area contributed by atoms with Crippen LogP contribution in [0.15, 0.2) is 42.6 Å². The van der Waals surface area contributed by atoms with Crippen LogP contribution in [0.5, 0.6) is 0 Å². The van der Waals surface area contributed by atoms with Gasteiger partial charge in [-0.3, -0.25) is 14.7 Å². The van der Waals surface area contributed by atoms with E-state index in [1.54, 1.807) is 17.2 Å². The molecule has 0 radical (unpaired) electrons. The van der Waals surface area contributed by atoms with Crippen LogP contribution in [0.2, 0.25) is 0 Å². The van der Waals surface area contributed by atoms with Gasteiger partial charge in [0.15, 0.2) is 0 Å². The fourth-order valence-corrected chi connectivity index (χ4v) is 2.75. The molecule has 1 saturated heterocycles. The summed E-state index contributed by atoms with van der Waals surface area (Å²) in [5.41, 5.74) is 1.07. The maximum absolute atomic E-state index is 12.2. The van der Waals surface area contributed by atoms with Crippen molar-refractivity contribution in [1.29, 1.82) is 0 Å². The molecule has 0 bridgehead atoms. The molecule has 1 aliphatic heterocycles. The van der Waals surface area contributed by atoms with E-state index in [-0.39, 0.29) is 30.2 Å². The van der Waals surface area contributed by atoms with Gasteiger partial charge >= 0.3 is 0 Å². The highest BCUT2D eigenvalue weighted by molar-refractivity contribution is 5.96. The van der Waals surface area contributed by atoms with Crippen molar-refractivity contribution in [2.45, 2.75) is 19.4 Å². The SMILES string of the molecule is CC(c1ccccc1)N1CC(C(=O)Nc2ccn[nH]2)CC1=O. The van der Waals surface area contributed by atoms with Crippen LogP contribution >= 0.6 is 0 Å². The lowest BCUT2D eigenvalue weighted by Crippen LogP contribution is -2.30. The van der Waals surface area contributed by atoms with Crippen molar-refractivity contribution in [3.05, 3.63) is 48.2 Å². The maximum atomic E-state index is 12.2. The molecule has 114 valence electrons. The van der Waals surface area contributed by atoms with Crippen LogP contribution < -0.4 is 5.32 Å². The summed E-state index contributed by atoms with van der Waals surface area (Å²) in [6.45, 7) is 2.43.